The fourth-order valence-corrected chi connectivity index (χ4v) is 1.30. The van der Waals surface area contributed by atoms with Gasteiger partial charge in [-0.25, -0.2) is 0 Å². The van der Waals surface area contributed by atoms with Gasteiger partial charge >= 0.3 is 0 Å². The minimum Gasteiger partial charge on any atom is -0.381 e. The van der Waals surface area contributed by atoms with Gasteiger partial charge in [0.05, 0.1) is 0 Å². The summed E-state index contributed by atoms with van der Waals surface area (Å²) in [4.78, 5) is 0. The Hall–Kier alpha value is -1.76. The number of hydrogen-bond acceptors (Lipinski definition) is 1. The Bertz CT molecular complexity index is 327. The number of anilines is 1. The molecule has 0 spiro atoms. The second-order valence-corrected chi connectivity index (χ2v) is 3.13. The Labute approximate surface area is 84.4 Å². The van der Waals surface area contributed by atoms with Gasteiger partial charge in [-0.05, 0) is 23.8 Å². The van der Waals surface area contributed by atoms with Crippen LogP contribution in [0.2, 0.25) is 0 Å². The maximum atomic E-state index is 3.34. The molecule has 0 bridgehead atoms. The first-order valence-electron chi connectivity index (χ1n) is 4.69. The molecule has 0 aliphatic carbocycles. The van der Waals surface area contributed by atoms with Gasteiger partial charge < -0.3 is 5.32 Å². The van der Waals surface area contributed by atoms with Crippen molar-refractivity contribution in [1.82, 2.24) is 0 Å². The lowest BCUT2D eigenvalue weighted by Gasteiger charge is -2.05. The van der Waals surface area contributed by atoms with Crippen LogP contribution in [0.25, 0.3) is 0 Å². The fraction of sp³-hybridized carbons (Fsp3) is 0.0769. The highest BCUT2D eigenvalue weighted by atomic mass is 14.9. The Morgan fingerprint density at radius 2 is 1.64 bits per heavy atom. The maximum absolute atomic E-state index is 3.34. The molecule has 0 saturated heterocycles. The van der Waals surface area contributed by atoms with E-state index < -0.39 is 0 Å². The molecule has 2 rings (SSSR count). The molecule has 1 nitrogen and oxygen atoms in total. The molecule has 1 radical (unpaired) electrons. The van der Waals surface area contributed by atoms with Crippen LogP contribution in [0.3, 0.4) is 0 Å². The van der Waals surface area contributed by atoms with Crippen LogP contribution in [0.15, 0.2) is 54.6 Å². The number of rotatable bonds is 3. The van der Waals surface area contributed by atoms with E-state index >= 15 is 0 Å². The van der Waals surface area contributed by atoms with E-state index in [0.717, 1.165) is 12.2 Å². The van der Waals surface area contributed by atoms with Crippen molar-refractivity contribution in [2.75, 3.05) is 5.32 Å². The summed E-state index contributed by atoms with van der Waals surface area (Å²) in [6.07, 6.45) is 0. The van der Waals surface area contributed by atoms with Gasteiger partial charge in [-0.3, -0.25) is 0 Å². The van der Waals surface area contributed by atoms with Crippen molar-refractivity contribution in [2.45, 2.75) is 6.54 Å². The lowest BCUT2D eigenvalue weighted by molar-refractivity contribution is 1.15. The first-order chi connectivity index (χ1) is 6.95. The second kappa shape index (κ2) is 4.47. The van der Waals surface area contributed by atoms with Crippen molar-refractivity contribution in [1.29, 1.82) is 0 Å². The molecule has 1 N–H and O–H groups in total. The molecular formula is C13H12N. The summed E-state index contributed by atoms with van der Waals surface area (Å²) in [6.45, 7) is 0.866. The average molecular weight is 182 g/mol. The van der Waals surface area contributed by atoms with E-state index in [0.29, 0.717) is 0 Å². The van der Waals surface area contributed by atoms with Crippen LogP contribution in [0, 0.1) is 6.07 Å². The third-order valence-electron chi connectivity index (χ3n) is 2.06. The van der Waals surface area contributed by atoms with E-state index in [-0.39, 0.29) is 0 Å². The molecule has 0 fully saturated rings. The van der Waals surface area contributed by atoms with E-state index in [1.54, 1.807) is 0 Å². The highest BCUT2D eigenvalue weighted by molar-refractivity contribution is 5.42. The van der Waals surface area contributed by atoms with Crippen molar-refractivity contribution < 1.29 is 0 Å². The molecule has 0 aliphatic heterocycles. The largest absolute Gasteiger partial charge is 0.381 e. The zero-order valence-corrected chi connectivity index (χ0v) is 7.90. The summed E-state index contributed by atoms with van der Waals surface area (Å²) in [7, 11) is 0. The Morgan fingerprint density at radius 3 is 2.36 bits per heavy atom. The summed E-state index contributed by atoms with van der Waals surface area (Å²) >= 11 is 0. The first kappa shape index (κ1) is 8.82. The van der Waals surface area contributed by atoms with Gasteiger partial charge in [0, 0.05) is 12.2 Å². The van der Waals surface area contributed by atoms with Gasteiger partial charge in [0.15, 0.2) is 0 Å². The van der Waals surface area contributed by atoms with Crippen LogP contribution in [0.4, 0.5) is 5.69 Å². The van der Waals surface area contributed by atoms with Crippen LogP contribution in [-0.4, -0.2) is 0 Å². The average Bonchev–Trinajstić information content (AvgIpc) is 2.29. The molecule has 14 heavy (non-hydrogen) atoms. The third kappa shape index (κ3) is 2.36. The zero-order valence-electron chi connectivity index (χ0n) is 7.90. The van der Waals surface area contributed by atoms with Gasteiger partial charge in [0.1, 0.15) is 0 Å². The van der Waals surface area contributed by atoms with Gasteiger partial charge in [0.25, 0.3) is 0 Å². The van der Waals surface area contributed by atoms with Gasteiger partial charge in [-0.2, -0.15) is 0 Å². The van der Waals surface area contributed by atoms with Crippen LogP contribution in [0.5, 0.6) is 0 Å². The topological polar surface area (TPSA) is 12.0 Å². The van der Waals surface area contributed by atoms with Gasteiger partial charge in [0.2, 0.25) is 0 Å². The molecule has 69 valence electrons. The molecule has 1 heteroatoms. The second-order valence-electron chi connectivity index (χ2n) is 3.13. The predicted molar refractivity (Wildman–Crippen MR) is 59.0 cm³/mol. The van der Waals surface area contributed by atoms with Crippen LogP contribution >= 0.6 is 0 Å². The number of benzene rings is 2. The molecule has 0 aromatic heterocycles. The molecule has 0 saturated carbocycles. The minimum atomic E-state index is 0.866. The van der Waals surface area contributed by atoms with E-state index in [2.05, 4.69) is 35.6 Å². The lowest BCUT2D eigenvalue weighted by Crippen LogP contribution is -1.98. The minimum absolute atomic E-state index is 0.866. The highest BCUT2D eigenvalue weighted by Crippen LogP contribution is 2.07. The smallest absolute Gasteiger partial charge is 0.0400 e. The van der Waals surface area contributed by atoms with Crippen LogP contribution in [-0.2, 0) is 6.54 Å². The molecule has 0 amide bonds. The quantitative estimate of drug-likeness (QED) is 0.769. The summed E-state index contributed by atoms with van der Waals surface area (Å²) in [5, 5.41) is 3.34. The molecule has 0 heterocycles. The van der Waals surface area contributed by atoms with Gasteiger partial charge in [-0.1, -0.05) is 42.5 Å². The lowest BCUT2D eigenvalue weighted by atomic mass is 10.2. The van der Waals surface area contributed by atoms with Crippen molar-refractivity contribution in [2.24, 2.45) is 0 Å². The maximum Gasteiger partial charge on any atom is 0.0400 e. The zero-order chi connectivity index (χ0) is 9.64. The molecule has 0 aliphatic rings. The van der Waals surface area contributed by atoms with Crippen molar-refractivity contribution >= 4 is 5.69 Å². The Kier molecular flexibility index (Phi) is 2.82. The molecule has 0 atom stereocenters. The van der Waals surface area contributed by atoms with E-state index in [4.69, 9.17) is 0 Å². The first-order valence-corrected chi connectivity index (χ1v) is 4.69. The monoisotopic (exact) mass is 182 g/mol. The van der Waals surface area contributed by atoms with Crippen molar-refractivity contribution in [3.05, 3.63) is 66.2 Å². The molecule has 2 aromatic carbocycles. The van der Waals surface area contributed by atoms with E-state index in [1.165, 1.54) is 5.56 Å². The predicted octanol–water partition coefficient (Wildman–Crippen LogP) is 3.10. The fourth-order valence-electron chi connectivity index (χ4n) is 1.30. The Balaban J connectivity index is 1.96. The van der Waals surface area contributed by atoms with Crippen molar-refractivity contribution in [3.8, 4) is 0 Å². The van der Waals surface area contributed by atoms with E-state index in [9.17, 15) is 0 Å². The summed E-state index contributed by atoms with van der Waals surface area (Å²) < 4.78 is 0. The Morgan fingerprint density at radius 1 is 0.929 bits per heavy atom. The third-order valence-corrected chi connectivity index (χ3v) is 2.06. The highest BCUT2D eigenvalue weighted by Gasteiger charge is 1.90. The number of nitrogens with one attached hydrogen (secondary N) is 1. The molecule has 2 aromatic rings. The SMILES string of the molecule is [c]1ccc(NCc2ccccc2)cc1. The van der Waals surface area contributed by atoms with Crippen LogP contribution in [0.1, 0.15) is 5.56 Å². The molecular weight excluding hydrogens is 170 g/mol. The summed E-state index contributed by atoms with van der Waals surface area (Å²) in [5.41, 5.74) is 2.42. The van der Waals surface area contributed by atoms with Crippen LogP contribution < -0.4 is 5.32 Å². The molecule has 0 unspecified atom stereocenters. The summed E-state index contributed by atoms with van der Waals surface area (Å²) in [5.74, 6) is 0. The van der Waals surface area contributed by atoms with E-state index in [1.807, 2.05) is 30.3 Å². The summed E-state index contributed by atoms with van der Waals surface area (Å²) in [6, 6.07) is 21.2. The number of hydrogen-bond donors (Lipinski definition) is 1. The standard InChI is InChI=1S/C13H12N/c1-3-7-12(8-4-1)11-14-13-9-5-2-6-10-13/h1,3-10,14H,11H2. The van der Waals surface area contributed by atoms with Gasteiger partial charge in [-0.15, -0.1) is 0 Å². The van der Waals surface area contributed by atoms with Crippen molar-refractivity contribution in [3.63, 3.8) is 0 Å². The normalized spacial score (nSPS) is 9.71.